The maximum absolute atomic E-state index is 6.25. The van der Waals surface area contributed by atoms with E-state index < -0.39 is 0 Å². The van der Waals surface area contributed by atoms with Crippen LogP contribution in [0, 0.1) is 12.8 Å². The van der Waals surface area contributed by atoms with Crippen molar-refractivity contribution in [3.63, 3.8) is 0 Å². The van der Waals surface area contributed by atoms with Gasteiger partial charge in [-0.1, -0.05) is 72.1 Å². The summed E-state index contributed by atoms with van der Waals surface area (Å²) in [6, 6.07) is 0.414. The monoisotopic (exact) mass is 240 g/mol. The van der Waals surface area contributed by atoms with Crippen molar-refractivity contribution in [2.75, 3.05) is 0 Å². The zero-order valence-electron chi connectivity index (χ0n) is 12.2. The first-order chi connectivity index (χ1) is 8.26. The van der Waals surface area contributed by atoms with E-state index in [4.69, 9.17) is 5.73 Å². The molecule has 0 aliphatic heterocycles. The van der Waals surface area contributed by atoms with Gasteiger partial charge in [0.25, 0.3) is 0 Å². The van der Waals surface area contributed by atoms with Crippen molar-refractivity contribution in [1.82, 2.24) is 0 Å². The molecule has 2 N–H and O–H groups in total. The Hall–Kier alpha value is -0.0400. The van der Waals surface area contributed by atoms with Crippen LogP contribution in [0.5, 0.6) is 0 Å². The molecule has 103 valence electrons. The highest BCUT2D eigenvalue weighted by Crippen LogP contribution is 2.21. The molecule has 0 rings (SSSR count). The van der Waals surface area contributed by atoms with Gasteiger partial charge in [0.1, 0.15) is 0 Å². The van der Waals surface area contributed by atoms with Crippen molar-refractivity contribution in [2.45, 2.75) is 90.5 Å². The zero-order valence-corrected chi connectivity index (χ0v) is 12.2. The highest BCUT2D eigenvalue weighted by molar-refractivity contribution is 4.73. The summed E-state index contributed by atoms with van der Waals surface area (Å²) in [6.07, 6.45) is 14.3. The molecule has 17 heavy (non-hydrogen) atoms. The topological polar surface area (TPSA) is 26.0 Å². The van der Waals surface area contributed by atoms with Crippen LogP contribution >= 0.6 is 0 Å². The molecular weight excluding hydrogens is 206 g/mol. The first-order valence-corrected chi connectivity index (χ1v) is 7.81. The van der Waals surface area contributed by atoms with E-state index in [1.54, 1.807) is 0 Å². The summed E-state index contributed by atoms with van der Waals surface area (Å²) in [6.45, 7) is 8.48. The standard InChI is InChI=1S/C16H34N/c1-4-7-8-9-10-11-14-15(12-5-2)16(17)13-6-3/h15-16H,2,4-14,17H2,1,3H3. The van der Waals surface area contributed by atoms with Crippen molar-refractivity contribution in [1.29, 1.82) is 0 Å². The normalized spacial score (nSPS) is 14.8. The molecule has 1 nitrogen and oxygen atoms in total. The van der Waals surface area contributed by atoms with Gasteiger partial charge in [-0.05, 0) is 25.2 Å². The smallest absolute Gasteiger partial charge is 0.00670 e. The van der Waals surface area contributed by atoms with Gasteiger partial charge < -0.3 is 5.73 Å². The lowest BCUT2D eigenvalue weighted by atomic mass is 9.87. The Kier molecular flexibility index (Phi) is 12.4. The van der Waals surface area contributed by atoms with Crippen LogP contribution in [0.2, 0.25) is 0 Å². The van der Waals surface area contributed by atoms with E-state index in [1.807, 2.05) is 0 Å². The molecular formula is C16H34N. The summed E-state index contributed by atoms with van der Waals surface area (Å²) in [7, 11) is 0. The fourth-order valence-electron chi connectivity index (χ4n) is 2.59. The van der Waals surface area contributed by atoms with E-state index in [-0.39, 0.29) is 0 Å². The molecule has 2 atom stereocenters. The highest BCUT2D eigenvalue weighted by atomic mass is 14.6. The van der Waals surface area contributed by atoms with Gasteiger partial charge in [0, 0.05) is 6.04 Å². The molecule has 0 aromatic rings. The number of unbranched alkanes of at least 4 members (excludes halogenated alkanes) is 5. The molecule has 0 fully saturated rings. The van der Waals surface area contributed by atoms with E-state index in [9.17, 15) is 0 Å². The largest absolute Gasteiger partial charge is 0.327 e. The van der Waals surface area contributed by atoms with Crippen molar-refractivity contribution in [3.8, 4) is 0 Å². The molecule has 0 heterocycles. The lowest BCUT2D eigenvalue weighted by molar-refractivity contribution is 0.340. The first-order valence-electron chi connectivity index (χ1n) is 7.81. The molecule has 0 saturated carbocycles. The summed E-state index contributed by atoms with van der Waals surface area (Å²) in [4.78, 5) is 0. The van der Waals surface area contributed by atoms with E-state index in [0.717, 1.165) is 12.3 Å². The van der Waals surface area contributed by atoms with Gasteiger partial charge in [-0.3, -0.25) is 0 Å². The molecule has 0 spiro atoms. The maximum atomic E-state index is 6.25. The van der Waals surface area contributed by atoms with Crippen molar-refractivity contribution >= 4 is 0 Å². The summed E-state index contributed by atoms with van der Waals surface area (Å²) >= 11 is 0. The van der Waals surface area contributed by atoms with E-state index in [0.29, 0.717) is 6.04 Å². The number of hydrogen-bond donors (Lipinski definition) is 1. The zero-order chi connectivity index (χ0) is 12.9. The summed E-state index contributed by atoms with van der Waals surface area (Å²) < 4.78 is 0. The molecule has 2 unspecified atom stereocenters. The third kappa shape index (κ3) is 9.64. The fourth-order valence-corrected chi connectivity index (χ4v) is 2.59. The molecule has 0 saturated heterocycles. The lowest BCUT2D eigenvalue weighted by Crippen LogP contribution is -2.29. The first kappa shape index (κ1) is 17.0. The Morgan fingerprint density at radius 1 is 0.824 bits per heavy atom. The minimum absolute atomic E-state index is 0.414. The van der Waals surface area contributed by atoms with Gasteiger partial charge in [-0.25, -0.2) is 0 Å². The summed E-state index contributed by atoms with van der Waals surface area (Å²) in [5, 5.41) is 0. The Balaban J connectivity index is 3.61. The van der Waals surface area contributed by atoms with E-state index in [1.165, 1.54) is 64.2 Å². The predicted octanol–water partition coefficient (Wildman–Crippen LogP) is 5.09. The SMILES string of the molecule is [CH2]CCC(CCCCCCCC)C(N)CCC. The molecule has 1 heteroatoms. The van der Waals surface area contributed by atoms with Crippen molar-refractivity contribution in [3.05, 3.63) is 6.92 Å². The number of rotatable bonds is 12. The number of nitrogens with two attached hydrogens (primary N) is 1. The van der Waals surface area contributed by atoms with Gasteiger partial charge >= 0.3 is 0 Å². The summed E-state index contributed by atoms with van der Waals surface area (Å²) in [5.41, 5.74) is 6.25. The van der Waals surface area contributed by atoms with Gasteiger partial charge in [0.05, 0.1) is 0 Å². The van der Waals surface area contributed by atoms with E-state index >= 15 is 0 Å². The Bertz CT molecular complexity index is 144. The minimum Gasteiger partial charge on any atom is -0.327 e. The second-order valence-electron chi connectivity index (χ2n) is 5.41. The predicted molar refractivity (Wildman–Crippen MR) is 79.0 cm³/mol. The molecule has 0 aromatic heterocycles. The average Bonchev–Trinajstić information content (AvgIpc) is 2.32. The van der Waals surface area contributed by atoms with Gasteiger partial charge in [0.2, 0.25) is 0 Å². The van der Waals surface area contributed by atoms with Crippen LogP contribution in [0.4, 0.5) is 0 Å². The highest BCUT2D eigenvalue weighted by Gasteiger charge is 2.15. The maximum Gasteiger partial charge on any atom is 0.00670 e. The van der Waals surface area contributed by atoms with Crippen molar-refractivity contribution < 1.29 is 0 Å². The van der Waals surface area contributed by atoms with Crippen LogP contribution in [0.25, 0.3) is 0 Å². The summed E-state index contributed by atoms with van der Waals surface area (Å²) in [5.74, 6) is 0.721. The number of hydrogen-bond acceptors (Lipinski definition) is 1. The molecule has 0 aliphatic carbocycles. The van der Waals surface area contributed by atoms with Gasteiger partial charge in [-0.2, -0.15) is 0 Å². The van der Waals surface area contributed by atoms with Crippen LogP contribution in [-0.2, 0) is 0 Å². The van der Waals surface area contributed by atoms with Crippen LogP contribution < -0.4 is 5.73 Å². The Morgan fingerprint density at radius 3 is 2.06 bits per heavy atom. The Labute approximate surface area is 110 Å². The van der Waals surface area contributed by atoms with E-state index in [2.05, 4.69) is 20.8 Å². The lowest BCUT2D eigenvalue weighted by Gasteiger charge is -2.23. The van der Waals surface area contributed by atoms with Crippen LogP contribution in [0.3, 0.4) is 0 Å². The molecule has 0 aliphatic rings. The van der Waals surface area contributed by atoms with Gasteiger partial charge in [-0.15, -0.1) is 0 Å². The van der Waals surface area contributed by atoms with Crippen LogP contribution in [0.15, 0.2) is 0 Å². The van der Waals surface area contributed by atoms with Gasteiger partial charge in [0.15, 0.2) is 0 Å². The average molecular weight is 240 g/mol. The second kappa shape index (κ2) is 12.4. The molecule has 0 aromatic carbocycles. The van der Waals surface area contributed by atoms with Crippen molar-refractivity contribution in [2.24, 2.45) is 11.7 Å². The fraction of sp³-hybridized carbons (Fsp3) is 0.938. The third-order valence-electron chi connectivity index (χ3n) is 3.73. The van der Waals surface area contributed by atoms with Crippen LogP contribution in [0.1, 0.15) is 84.5 Å². The molecule has 0 bridgehead atoms. The third-order valence-corrected chi connectivity index (χ3v) is 3.73. The second-order valence-corrected chi connectivity index (χ2v) is 5.41. The van der Waals surface area contributed by atoms with Crippen LogP contribution in [-0.4, -0.2) is 6.04 Å². The molecule has 1 radical (unpaired) electrons. The minimum atomic E-state index is 0.414. The quantitative estimate of drug-likeness (QED) is 0.472. The Morgan fingerprint density at radius 2 is 1.47 bits per heavy atom. The molecule has 0 amide bonds.